The minimum Gasteiger partial charge on any atom is -0.457 e. The number of rotatable bonds is 2. The zero-order valence-corrected chi connectivity index (χ0v) is 30.8. The van der Waals surface area contributed by atoms with Crippen molar-refractivity contribution in [1.82, 2.24) is 14.5 Å². The van der Waals surface area contributed by atoms with Crippen molar-refractivity contribution >= 4 is 50.6 Å². The Morgan fingerprint density at radius 1 is 0.526 bits per heavy atom. The number of nitriles is 2. The molecule has 3 aromatic heterocycles. The summed E-state index contributed by atoms with van der Waals surface area (Å²) in [5, 5.41) is 21.3. The SMILES string of the molecule is N#Cc1ccc2c(c1)c1cc(C#N)ccc1n2-c1ccc2c(c1)Sc1ccccc1N2c1ccc2c(c1)Oc1ccccc1C21c2cccnc2-c2ncccc21. The topological polar surface area (TPSA) is 90.8 Å². The van der Waals surface area contributed by atoms with Gasteiger partial charge in [-0.3, -0.25) is 9.97 Å². The fourth-order valence-electron chi connectivity index (χ4n) is 9.30. The van der Waals surface area contributed by atoms with E-state index >= 15 is 0 Å². The number of nitrogens with zero attached hydrogens (tertiary/aromatic N) is 6. The number of hydrogen-bond acceptors (Lipinski definition) is 7. The van der Waals surface area contributed by atoms with Gasteiger partial charge >= 0.3 is 0 Å². The molecule has 1 spiro atoms. The molecule has 264 valence electrons. The number of benzene rings is 6. The van der Waals surface area contributed by atoms with Crippen molar-refractivity contribution in [3.8, 4) is 40.7 Å². The standard InChI is InChI=1S/C49H26N6OS/c50-27-29-13-18-39-33(23-29)34-24-30(28-51)14-19-40(34)54(39)32-16-20-42-46(26-32)57-45-12-4-2-10-41(45)55(42)31-15-17-36-44(25-31)56-43-11-3-1-7-35(43)49(36)37-8-5-21-52-47(37)48-38(49)9-6-22-53-48/h1-26H. The van der Waals surface area contributed by atoms with E-state index in [4.69, 9.17) is 14.7 Å². The second-order valence-corrected chi connectivity index (χ2v) is 15.5. The molecule has 0 unspecified atom stereocenters. The second kappa shape index (κ2) is 11.7. The van der Waals surface area contributed by atoms with Gasteiger partial charge in [0.1, 0.15) is 11.5 Å². The summed E-state index contributed by atoms with van der Waals surface area (Å²) < 4.78 is 9.09. The van der Waals surface area contributed by atoms with Crippen molar-refractivity contribution in [2.45, 2.75) is 15.2 Å². The Hall–Kier alpha value is -7.65. The molecule has 6 aromatic carbocycles. The van der Waals surface area contributed by atoms with Gasteiger partial charge < -0.3 is 14.2 Å². The largest absolute Gasteiger partial charge is 0.457 e. The van der Waals surface area contributed by atoms with Gasteiger partial charge in [0.25, 0.3) is 0 Å². The van der Waals surface area contributed by atoms with Gasteiger partial charge in [-0.25, -0.2) is 0 Å². The third-order valence-electron chi connectivity index (χ3n) is 11.6. The average Bonchev–Trinajstić information content (AvgIpc) is 3.75. The third-order valence-corrected chi connectivity index (χ3v) is 12.7. The van der Waals surface area contributed by atoms with Crippen LogP contribution in [-0.2, 0) is 5.41 Å². The van der Waals surface area contributed by atoms with Crippen molar-refractivity contribution in [2.75, 3.05) is 4.90 Å². The van der Waals surface area contributed by atoms with E-state index in [9.17, 15) is 10.5 Å². The zero-order valence-electron chi connectivity index (χ0n) is 30.0. The Balaban J connectivity index is 1.05. The summed E-state index contributed by atoms with van der Waals surface area (Å²) in [5.41, 5.74) is 12.7. The number of hydrogen-bond donors (Lipinski definition) is 0. The minimum absolute atomic E-state index is 0.579. The van der Waals surface area contributed by atoms with Gasteiger partial charge in [-0.2, -0.15) is 10.5 Å². The average molecular weight is 747 g/mol. The maximum absolute atomic E-state index is 9.74. The van der Waals surface area contributed by atoms with E-state index in [2.05, 4.69) is 113 Å². The van der Waals surface area contributed by atoms with Crippen LogP contribution in [0, 0.1) is 22.7 Å². The lowest BCUT2D eigenvalue weighted by Gasteiger charge is -2.40. The molecule has 0 bridgehead atoms. The second-order valence-electron chi connectivity index (χ2n) is 14.4. The van der Waals surface area contributed by atoms with E-state index in [1.165, 1.54) is 0 Å². The summed E-state index contributed by atoms with van der Waals surface area (Å²) in [6, 6.07) is 54.5. The van der Waals surface area contributed by atoms with Crippen LogP contribution in [0.5, 0.6) is 11.5 Å². The Bertz CT molecular complexity index is 3200. The third kappa shape index (κ3) is 4.25. The molecule has 0 atom stereocenters. The van der Waals surface area contributed by atoms with Crippen LogP contribution < -0.4 is 9.64 Å². The fraction of sp³-hybridized carbons (Fsp3) is 0.0204. The molecule has 3 aliphatic rings. The molecular weight excluding hydrogens is 721 g/mol. The molecule has 5 heterocycles. The highest BCUT2D eigenvalue weighted by Gasteiger charge is 2.52. The molecule has 0 N–H and O–H groups in total. The van der Waals surface area contributed by atoms with Gasteiger partial charge in [-0.15, -0.1) is 0 Å². The van der Waals surface area contributed by atoms with Gasteiger partial charge in [-0.1, -0.05) is 60.3 Å². The van der Waals surface area contributed by atoms with E-state index in [1.807, 2.05) is 67.0 Å². The molecule has 8 heteroatoms. The van der Waals surface area contributed by atoms with E-state index < -0.39 is 5.41 Å². The quantitative estimate of drug-likeness (QED) is 0.174. The first-order valence-electron chi connectivity index (χ1n) is 18.6. The molecule has 1 aliphatic carbocycles. The summed E-state index contributed by atoms with van der Waals surface area (Å²) in [6.07, 6.45) is 3.69. The highest BCUT2D eigenvalue weighted by molar-refractivity contribution is 7.99. The minimum atomic E-state index is -0.650. The summed E-state index contributed by atoms with van der Waals surface area (Å²) in [4.78, 5) is 14.3. The van der Waals surface area contributed by atoms with Crippen molar-refractivity contribution in [2.24, 2.45) is 0 Å². The number of fused-ring (bicyclic) bond motifs is 14. The first kappa shape index (κ1) is 31.7. The summed E-state index contributed by atoms with van der Waals surface area (Å²) >= 11 is 1.75. The smallest absolute Gasteiger partial charge is 0.134 e. The molecule has 57 heavy (non-hydrogen) atoms. The molecule has 12 rings (SSSR count). The van der Waals surface area contributed by atoms with Crippen molar-refractivity contribution in [1.29, 1.82) is 10.5 Å². The van der Waals surface area contributed by atoms with Gasteiger partial charge in [0.2, 0.25) is 0 Å². The van der Waals surface area contributed by atoms with Gasteiger partial charge in [0.15, 0.2) is 0 Å². The lowest BCUT2D eigenvalue weighted by Crippen LogP contribution is -2.32. The fourth-order valence-corrected chi connectivity index (χ4v) is 10.4. The molecule has 7 nitrogen and oxygen atoms in total. The first-order chi connectivity index (χ1) is 28.1. The lowest BCUT2D eigenvalue weighted by molar-refractivity contribution is 0.436. The van der Waals surface area contributed by atoms with Crippen LogP contribution in [0.25, 0.3) is 38.9 Å². The Morgan fingerprint density at radius 2 is 1.14 bits per heavy atom. The molecule has 0 radical (unpaired) electrons. The van der Waals surface area contributed by atoms with Crippen LogP contribution in [0.1, 0.15) is 33.4 Å². The monoisotopic (exact) mass is 746 g/mol. The summed E-state index contributed by atoms with van der Waals surface area (Å²) in [6.45, 7) is 0. The number of anilines is 3. The zero-order chi connectivity index (χ0) is 37.8. The van der Waals surface area contributed by atoms with Gasteiger partial charge in [0.05, 0.1) is 62.5 Å². The number of pyridine rings is 2. The molecule has 0 saturated carbocycles. The van der Waals surface area contributed by atoms with Crippen LogP contribution in [0.2, 0.25) is 0 Å². The molecular formula is C49H26N6OS. The summed E-state index contributed by atoms with van der Waals surface area (Å²) in [5.74, 6) is 1.59. The number of aromatic nitrogens is 3. The van der Waals surface area contributed by atoms with Crippen LogP contribution in [0.15, 0.2) is 168 Å². The van der Waals surface area contributed by atoms with Crippen LogP contribution in [0.4, 0.5) is 17.1 Å². The van der Waals surface area contributed by atoms with E-state index in [-0.39, 0.29) is 0 Å². The Labute approximate surface area is 331 Å². The molecule has 0 saturated heterocycles. The summed E-state index contributed by atoms with van der Waals surface area (Å²) in [7, 11) is 0. The maximum atomic E-state index is 9.74. The predicted molar refractivity (Wildman–Crippen MR) is 222 cm³/mol. The van der Waals surface area contributed by atoms with Crippen LogP contribution in [0.3, 0.4) is 0 Å². The molecule has 9 aromatic rings. The maximum Gasteiger partial charge on any atom is 0.134 e. The lowest BCUT2D eigenvalue weighted by atomic mass is 9.66. The number of para-hydroxylation sites is 2. The normalized spacial score (nSPS) is 13.8. The molecule has 0 amide bonds. The van der Waals surface area contributed by atoms with Crippen LogP contribution >= 0.6 is 11.8 Å². The van der Waals surface area contributed by atoms with Crippen molar-refractivity contribution in [3.05, 3.63) is 191 Å². The Morgan fingerprint density at radius 3 is 1.86 bits per heavy atom. The highest BCUT2D eigenvalue weighted by Crippen LogP contribution is 2.62. The van der Waals surface area contributed by atoms with E-state index in [0.29, 0.717) is 11.1 Å². The molecule has 2 aliphatic heterocycles. The first-order valence-corrected chi connectivity index (χ1v) is 19.4. The van der Waals surface area contributed by atoms with Gasteiger partial charge in [-0.05, 0) is 102 Å². The van der Waals surface area contributed by atoms with Crippen LogP contribution in [-0.4, -0.2) is 14.5 Å². The Kier molecular flexibility index (Phi) is 6.49. The van der Waals surface area contributed by atoms with Crippen molar-refractivity contribution < 1.29 is 4.74 Å². The van der Waals surface area contributed by atoms with E-state index in [0.717, 1.165) is 99.5 Å². The predicted octanol–water partition coefficient (Wildman–Crippen LogP) is 11.7. The van der Waals surface area contributed by atoms with E-state index in [1.54, 1.807) is 11.8 Å². The highest BCUT2D eigenvalue weighted by atomic mass is 32.2. The van der Waals surface area contributed by atoms with Gasteiger partial charge in [0, 0.05) is 61.5 Å². The number of ether oxygens (including phenoxy) is 1. The molecule has 0 fully saturated rings. The van der Waals surface area contributed by atoms with Crippen molar-refractivity contribution in [3.63, 3.8) is 0 Å².